The van der Waals surface area contributed by atoms with Crippen molar-refractivity contribution in [1.82, 2.24) is 9.88 Å². The van der Waals surface area contributed by atoms with E-state index >= 15 is 0 Å². The molecule has 1 aromatic heterocycles. The highest BCUT2D eigenvalue weighted by Gasteiger charge is 2.30. The lowest BCUT2D eigenvalue weighted by molar-refractivity contribution is 0.0815. The predicted octanol–water partition coefficient (Wildman–Crippen LogP) is 3.89. The molecular weight excluding hydrogens is 354 g/mol. The fourth-order valence-electron chi connectivity index (χ4n) is 4.69. The highest BCUT2D eigenvalue weighted by molar-refractivity contribution is 5.99. The number of amides is 1. The van der Waals surface area contributed by atoms with Crippen molar-refractivity contribution in [1.29, 1.82) is 0 Å². The van der Waals surface area contributed by atoms with Crippen molar-refractivity contribution in [3.05, 3.63) is 41.1 Å². The maximum atomic E-state index is 12.9. The molecule has 2 aliphatic heterocycles. The zero-order valence-electron chi connectivity index (χ0n) is 16.2. The monoisotopic (exact) mass is 379 g/mol. The second-order valence-electron chi connectivity index (χ2n) is 8.10. The van der Waals surface area contributed by atoms with Crippen molar-refractivity contribution in [3.63, 3.8) is 0 Å². The average Bonchev–Trinajstić information content (AvgIpc) is 3.28. The molecule has 0 radical (unpaired) electrons. The van der Waals surface area contributed by atoms with Gasteiger partial charge in [0, 0.05) is 36.8 Å². The van der Waals surface area contributed by atoms with Crippen LogP contribution < -0.4 is 9.64 Å². The number of nitrogens with zero attached hydrogens (tertiary/aromatic N) is 2. The third kappa shape index (κ3) is 2.79. The quantitative estimate of drug-likeness (QED) is 0.822. The Morgan fingerprint density at radius 2 is 2.00 bits per heavy atom. The summed E-state index contributed by atoms with van der Waals surface area (Å²) in [6.07, 6.45) is 5.49. The number of aromatic amines is 1. The van der Waals surface area contributed by atoms with Crippen molar-refractivity contribution >= 4 is 23.2 Å². The fraction of sp³-hybridized carbons (Fsp3) is 0.455. The number of carbonyl (C=O) groups is 2. The second-order valence-corrected chi connectivity index (χ2v) is 8.10. The van der Waals surface area contributed by atoms with Gasteiger partial charge in [0.2, 0.25) is 0 Å². The molecule has 0 bridgehead atoms. The van der Waals surface area contributed by atoms with E-state index in [0.29, 0.717) is 25.4 Å². The minimum atomic E-state index is 0.0736. The number of carbonyl (C=O) groups excluding carboxylic acids is 2. The van der Waals surface area contributed by atoms with Crippen LogP contribution in [0.25, 0.3) is 0 Å². The fourth-order valence-corrected chi connectivity index (χ4v) is 4.69. The summed E-state index contributed by atoms with van der Waals surface area (Å²) in [7, 11) is 1.82. The van der Waals surface area contributed by atoms with Crippen molar-refractivity contribution in [2.45, 2.75) is 38.6 Å². The predicted molar refractivity (Wildman–Crippen MR) is 106 cm³/mol. The first-order valence-corrected chi connectivity index (χ1v) is 10.2. The number of H-pyrrole nitrogens is 1. The van der Waals surface area contributed by atoms with E-state index in [4.69, 9.17) is 4.74 Å². The van der Waals surface area contributed by atoms with Gasteiger partial charge in [0.05, 0.1) is 12.2 Å². The van der Waals surface area contributed by atoms with Gasteiger partial charge in [-0.15, -0.1) is 0 Å². The molecule has 5 rings (SSSR count). The largest absolute Gasteiger partial charge is 0.488 e. The summed E-state index contributed by atoms with van der Waals surface area (Å²) in [6, 6.07) is 7.83. The maximum Gasteiger partial charge on any atom is 0.254 e. The number of hydrogen-bond acceptors (Lipinski definition) is 4. The Labute approximate surface area is 164 Å². The zero-order valence-corrected chi connectivity index (χ0v) is 16.2. The molecule has 1 saturated carbocycles. The number of benzene rings is 1. The molecule has 3 heterocycles. The van der Waals surface area contributed by atoms with Gasteiger partial charge in [-0.05, 0) is 36.6 Å². The summed E-state index contributed by atoms with van der Waals surface area (Å²) in [5.41, 5.74) is 3.49. The normalized spacial score (nSPS) is 19.4. The summed E-state index contributed by atoms with van der Waals surface area (Å²) in [5.74, 6) is 1.98. The molecule has 0 atom stereocenters. The van der Waals surface area contributed by atoms with E-state index in [2.05, 4.69) is 16.0 Å². The van der Waals surface area contributed by atoms with Crippen LogP contribution in [0.3, 0.4) is 0 Å². The van der Waals surface area contributed by atoms with Gasteiger partial charge in [-0.25, -0.2) is 0 Å². The number of ketones is 1. The highest BCUT2D eigenvalue weighted by Crippen LogP contribution is 2.39. The van der Waals surface area contributed by atoms with Crippen LogP contribution in [0.5, 0.6) is 5.75 Å². The number of nitrogens with one attached hydrogen (secondary N) is 1. The van der Waals surface area contributed by atoms with Gasteiger partial charge >= 0.3 is 0 Å². The number of rotatable bonds is 3. The molecule has 1 aliphatic carbocycles. The van der Waals surface area contributed by atoms with Crippen LogP contribution in [0.4, 0.5) is 11.5 Å². The van der Waals surface area contributed by atoms with Crippen molar-refractivity contribution in [2.75, 3.05) is 25.1 Å². The Bertz CT molecular complexity index is 942. The lowest BCUT2D eigenvalue weighted by Crippen LogP contribution is -2.28. The van der Waals surface area contributed by atoms with Crippen LogP contribution in [0.15, 0.2) is 24.3 Å². The lowest BCUT2D eigenvalue weighted by Gasteiger charge is -2.29. The van der Waals surface area contributed by atoms with Gasteiger partial charge in [0.15, 0.2) is 17.4 Å². The van der Waals surface area contributed by atoms with Gasteiger partial charge in [0.1, 0.15) is 6.61 Å². The lowest BCUT2D eigenvalue weighted by atomic mass is 9.85. The Morgan fingerprint density at radius 3 is 2.82 bits per heavy atom. The summed E-state index contributed by atoms with van der Waals surface area (Å²) in [4.78, 5) is 32.3. The molecule has 0 saturated heterocycles. The number of ether oxygens (including phenoxy) is 1. The first kappa shape index (κ1) is 17.3. The first-order chi connectivity index (χ1) is 13.6. The summed E-state index contributed by atoms with van der Waals surface area (Å²) in [5, 5.41) is 0. The Balaban J connectivity index is 1.45. The first-order valence-electron chi connectivity index (χ1n) is 10.2. The van der Waals surface area contributed by atoms with Gasteiger partial charge in [-0.3, -0.25) is 9.59 Å². The second kappa shape index (κ2) is 6.69. The van der Waals surface area contributed by atoms with Gasteiger partial charge in [0.25, 0.3) is 5.91 Å². The van der Waals surface area contributed by atoms with Crippen LogP contribution in [0.2, 0.25) is 0 Å². The Hall–Kier alpha value is -2.76. The maximum absolute atomic E-state index is 12.9. The van der Waals surface area contributed by atoms with Gasteiger partial charge in [-0.2, -0.15) is 0 Å². The molecule has 28 heavy (non-hydrogen) atoms. The van der Waals surface area contributed by atoms with Gasteiger partial charge < -0.3 is 19.5 Å². The zero-order chi connectivity index (χ0) is 19.3. The molecule has 0 unspecified atom stereocenters. The molecule has 0 spiro atoms. The van der Waals surface area contributed by atoms with Crippen molar-refractivity contribution < 1.29 is 14.3 Å². The van der Waals surface area contributed by atoms with E-state index in [1.54, 1.807) is 4.90 Å². The highest BCUT2D eigenvalue weighted by atomic mass is 16.5. The number of hydrogen-bond donors (Lipinski definition) is 1. The van der Waals surface area contributed by atoms with E-state index in [0.717, 1.165) is 54.1 Å². The van der Waals surface area contributed by atoms with Crippen LogP contribution in [0, 0.1) is 5.92 Å². The Kier molecular flexibility index (Phi) is 4.14. The molecule has 6 nitrogen and oxygen atoms in total. The smallest absolute Gasteiger partial charge is 0.254 e. The van der Waals surface area contributed by atoms with Crippen LogP contribution in [0.1, 0.15) is 58.5 Å². The van der Waals surface area contributed by atoms with E-state index in [-0.39, 0.29) is 17.6 Å². The van der Waals surface area contributed by atoms with Crippen molar-refractivity contribution in [2.24, 2.45) is 5.92 Å². The molecule has 1 N–H and O–H groups in total. The molecule has 146 valence electrons. The van der Waals surface area contributed by atoms with E-state index in [1.165, 1.54) is 6.42 Å². The van der Waals surface area contributed by atoms with Crippen LogP contribution >= 0.6 is 0 Å². The van der Waals surface area contributed by atoms with Crippen LogP contribution in [-0.4, -0.2) is 41.8 Å². The minimum absolute atomic E-state index is 0.0736. The molecule has 3 aliphatic rings. The summed E-state index contributed by atoms with van der Waals surface area (Å²) >= 11 is 0. The summed E-state index contributed by atoms with van der Waals surface area (Å²) < 4.78 is 5.83. The molecule has 1 amide bonds. The van der Waals surface area contributed by atoms with Crippen molar-refractivity contribution in [3.8, 4) is 5.75 Å². The number of anilines is 2. The SMILES string of the molecule is CN1Cc2cc(N3CCOc4cc(C(=O)C5CCCCC5)[nH]c43)ccc2C1=O. The molecular formula is C22H25N3O3. The van der Waals surface area contributed by atoms with Gasteiger partial charge in [-0.1, -0.05) is 19.3 Å². The number of fused-ring (bicyclic) bond motifs is 2. The van der Waals surface area contributed by atoms with E-state index < -0.39 is 0 Å². The average molecular weight is 379 g/mol. The third-order valence-electron chi connectivity index (χ3n) is 6.23. The molecule has 1 aromatic carbocycles. The topological polar surface area (TPSA) is 65.6 Å². The third-order valence-corrected chi connectivity index (χ3v) is 6.23. The van der Waals surface area contributed by atoms with Crippen LogP contribution in [-0.2, 0) is 6.54 Å². The number of aromatic nitrogens is 1. The number of Topliss-reactive ketones (excluding diaryl/α,β-unsaturated/α-hetero) is 1. The minimum Gasteiger partial charge on any atom is -0.488 e. The molecule has 1 fully saturated rings. The molecule has 6 heteroatoms. The Morgan fingerprint density at radius 1 is 1.18 bits per heavy atom. The summed E-state index contributed by atoms with van der Waals surface area (Å²) in [6.45, 7) is 1.90. The van der Waals surface area contributed by atoms with E-state index in [1.807, 2.05) is 25.2 Å². The standard InChI is InChI=1S/C22H25N3O3/c1-24-13-15-11-16(7-8-17(15)22(24)27)25-9-10-28-19-12-18(23-21(19)25)20(26)14-5-3-2-4-6-14/h7-8,11-12,14,23H,2-6,9-10,13H2,1H3. The van der Waals surface area contributed by atoms with E-state index in [9.17, 15) is 9.59 Å². The molecule has 2 aromatic rings.